The molecule has 0 radical (unpaired) electrons. The van der Waals surface area contributed by atoms with Gasteiger partial charge in [0.05, 0.1) is 5.69 Å². The fourth-order valence-electron chi connectivity index (χ4n) is 2.50. The molecule has 2 nitrogen and oxygen atoms in total. The molecule has 3 aromatic rings. The largest absolute Gasteiger partial charge is 0.488 e. The summed E-state index contributed by atoms with van der Waals surface area (Å²) >= 11 is 6.20. The zero-order valence-electron chi connectivity index (χ0n) is 14.4. The zero-order chi connectivity index (χ0) is 17.6. The highest BCUT2D eigenvalue weighted by Gasteiger charge is 2.04. The van der Waals surface area contributed by atoms with Gasteiger partial charge < -0.3 is 4.74 Å². The van der Waals surface area contributed by atoms with Crippen molar-refractivity contribution in [2.45, 2.75) is 20.5 Å². The maximum atomic E-state index is 6.20. The van der Waals surface area contributed by atoms with Gasteiger partial charge in [-0.15, -0.1) is 0 Å². The van der Waals surface area contributed by atoms with E-state index >= 15 is 0 Å². The molecular formula is C22H20ClNO. The van der Waals surface area contributed by atoms with Crippen molar-refractivity contribution in [1.82, 2.24) is 0 Å². The lowest BCUT2D eigenvalue weighted by Crippen LogP contribution is -1.98. The highest BCUT2D eigenvalue weighted by atomic mass is 35.5. The number of nitrogens with zero attached hydrogens (tertiary/aromatic N) is 1. The first-order chi connectivity index (χ1) is 12.1. The lowest BCUT2D eigenvalue weighted by molar-refractivity contribution is 0.306. The second kappa shape index (κ2) is 8.00. The molecule has 0 amide bonds. The summed E-state index contributed by atoms with van der Waals surface area (Å²) in [7, 11) is 0. The molecule has 0 aliphatic rings. The topological polar surface area (TPSA) is 21.6 Å². The molecule has 0 atom stereocenters. The number of para-hydroxylation sites is 1. The molecule has 3 heteroatoms. The molecule has 25 heavy (non-hydrogen) atoms. The Morgan fingerprint density at radius 2 is 1.68 bits per heavy atom. The van der Waals surface area contributed by atoms with Crippen molar-refractivity contribution in [2.75, 3.05) is 0 Å². The van der Waals surface area contributed by atoms with Crippen LogP contribution in [0.5, 0.6) is 5.75 Å². The fourth-order valence-corrected chi connectivity index (χ4v) is 2.69. The first-order valence-electron chi connectivity index (χ1n) is 8.20. The second-order valence-electron chi connectivity index (χ2n) is 5.90. The van der Waals surface area contributed by atoms with Crippen LogP contribution in [0.4, 0.5) is 5.69 Å². The Balaban J connectivity index is 1.80. The van der Waals surface area contributed by atoms with E-state index in [-0.39, 0.29) is 0 Å². The molecule has 0 heterocycles. The van der Waals surface area contributed by atoms with Crippen LogP contribution in [-0.2, 0) is 6.61 Å². The van der Waals surface area contributed by atoms with Gasteiger partial charge in [0.2, 0.25) is 0 Å². The highest BCUT2D eigenvalue weighted by Crippen LogP contribution is 2.24. The Bertz CT molecular complexity index is 902. The summed E-state index contributed by atoms with van der Waals surface area (Å²) in [5.74, 6) is 0.788. The van der Waals surface area contributed by atoms with Crippen molar-refractivity contribution in [3.05, 3.63) is 94.0 Å². The van der Waals surface area contributed by atoms with Crippen molar-refractivity contribution in [3.8, 4) is 5.75 Å². The molecule has 0 saturated carbocycles. The molecule has 0 bridgehead atoms. The number of rotatable bonds is 5. The van der Waals surface area contributed by atoms with Crippen molar-refractivity contribution < 1.29 is 4.74 Å². The van der Waals surface area contributed by atoms with E-state index in [0.29, 0.717) is 11.6 Å². The van der Waals surface area contributed by atoms with Crippen LogP contribution in [-0.4, -0.2) is 6.21 Å². The number of benzene rings is 3. The van der Waals surface area contributed by atoms with Crippen LogP contribution >= 0.6 is 11.6 Å². The van der Waals surface area contributed by atoms with Crippen LogP contribution in [0.15, 0.2) is 71.7 Å². The standard InChI is InChI=1S/C22H20ClNO/c1-16-8-7-12-21(17(16)2)24-14-18-9-4-6-13-22(18)25-15-19-10-3-5-11-20(19)23/h3-14H,15H2,1-2H3. The Morgan fingerprint density at radius 1 is 0.920 bits per heavy atom. The lowest BCUT2D eigenvalue weighted by atomic mass is 10.1. The summed E-state index contributed by atoms with van der Waals surface area (Å²) in [6.45, 7) is 4.60. The third kappa shape index (κ3) is 4.28. The van der Waals surface area contributed by atoms with Gasteiger partial charge in [0.25, 0.3) is 0 Å². The van der Waals surface area contributed by atoms with E-state index in [1.165, 1.54) is 11.1 Å². The monoisotopic (exact) mass is 349 g/mol. The molecule has 0 aliphatic heterocycles. The Hall–Kier alpha value is -2.58. The number of aryl methyl sites for hydroxylation is 1. The van der Waals surface area contributed by atoms with Gasteiger partial charge in [-0.3, -0.25) is 4.99 Å². The predicted molar refractivity (Wildman–Crippen MR) is 105 cm³/mol. The first-order valence-corrected chi connectivity index (χ1v) is 8.58. The number of aliphatic imine (C=N–C) groups is 1. The molecule has 3 rings (SSSR count). The third-order valence-electron chi connectivity index (χ3n) is 4.18. The molecule has 0 aromatic heterocycles. The third-order valence-corrected chi connectivity index (χ3v) is 4.55. The SMILES string of the molecule is Cc1cccc(N=Cc2ccccc2OCc2ccccc2Cl)c1C. The Morgan fingerprint density at radius 3 is 2.52 bits per heavy atom. The average molecular weight is 350 g/mol. The highest BCUT2D eigenvalue weighted by molar-refractivity contribution is 6.31. The molecule has 0 saturated heterocycles. The van der Waals surface area contributed by atoms with Crippen molar-refractivity contribution >= 4 is 23.5 Å². The van der Waals surface area contributed by atoms with Gasteiger partial charge in [0.1, 0.15) is 12.4 Å². The first kappa shape index (κ1) is 17.2. The van der Waals surface area contributed by atoms with Gasteiger partial charge >= 0.3 is 0 Å². The van der Waals surface area contributed by atoms with Crippen LogP contribution < -0.4 is 4.74 Å². The van der Waals surface area contributed by atoms with Gasteiger partial charge in [-0.2, -0.15) is 0 Å². The van der Waals surface area contributed by atoms with Crippen LogP contribution in [0.3, 0.4) is 0 Å². The molecule has 126 valence electrons. The minimum absolute atomic E-state index is 0.425. The Labute approximate surface area is 153 Å². The summed E-state index contributed by atoms with van der Waals surface area (Å²) in [5.41, 5.74) is 5.30. The van der Waals surface area contributed by atoms with E-state index < -0.39 is 0 Å². The fraction of sp³-hybridized carbons (Fsp3) is 0.136. The molecule has 3 aromatic carbocycles. The van der Waals surface area contributed by atoms with Crippen LogP contribution in [0.25, 0.3) is 0 Å². The molecule has 0 spiro atoms. The normalized spacial score (nSPS) is 11.0. The summed E-state index contributed by atoms with van der Waals surface area (Å²) < 4.78 is 5.97. The number of hydrogen-bond donors (Lipinski definition) is 0. The molecule has 0 aliphatic carbocycles. The lowest BCUT2D eigenvalue weighted by Gasteiger charge is -2.10. The summed E-state index contributed by atoms with van der Waals surface area (Å²) in [6, 6.07) is 21.7. The smallest absolute Gasteiger partial charge is 0.128 e. The molecular weight excluding hydrogens is 330 g/mol. The maximum Gasteiger partial charge on any atom is 0.128 e. The zero-order valence-corrected chi connectivity index (χ0v) is 15.1. The summed E-state index contributed by atoms with van der Waals surface area (Å²) in [4.78, 5) is 4.64. The van der Waals surface area contributed by atoms with Crippen LogP contribution in [0.2, 0.25) is 5.02 Å². The van der Waals surface area contributed by atoms with E-state index in [4.69, 9.17) is 16.3 Å². The summed E-state index contributed by atoms with van der Waals surface area (Å²) in [6.07, 6.45) is 1.85. The molecule has 0 unspecified atom stereocenters. The van der Waals surface area contributed by atoms with Crippen molar-refractivity contribution in [1.29, 1.82) is 0 Å². The average Bonchev–Trinajstić information content (AvgIpc) is 2.63. The van der Waals surface area contributed by atoms with E-state index in [0.717, 1.165) is 22.6 Å². The van der Waals surface area contributed by atoms with Gasteiger partial charge in [-0.25, -0.2) is 0 Å². The van der Waals surface area contributed by atoms with E-state index in [1.54, 1.807) is 0 Å². The summed E-state index contributed by atoms with van der Waals surface area (Å²) in [5, 5.41) is 0.712. The van der Waals surface area contributed by atoms with Gasteiger partial charge in [-0.05, 0) is 49.2 Å². The maximum absolute atomic E-state index is 6.20. The van der Waals surface area contributed by atoms with E-state index in [1.807, 2.05) is 66.9 Å². The molecule has 0 N–H and O–H groups in total. The van der Waals surface area contributed by atoms with Crippen molar-refractivity contribution in [3.63, 3.8) is 0 Å². The Kier molecular flexibility index (Phi) is 5.52. The van der Waals surface area contributed by atoms with Crippen LogP contribution in [0.1, 0.15) is 22.3 Å². The quantitative estimate of drug-likeness (QED) is 0.496. The van der Waals surface area contributed by atoms with Gasteiger partial charge in [0, 0.05) is 22.4 Å². The van der Waals surface area contributed by atoms with Crippen molar-refractivity contribution in [2.24, 2.45) is 4.99 Å². The number of hydrogen-bond acceptors (Lipinski definition) is 2. The minimum Gasteiger partial charge on any atom is -0.488 e. The molecule has 0 fully saturated rings. The van der Waals surface area contributed by atoms with Crippen LogP contribution in [0, 0.1) is 13.8 Å². The minimum atomic E-state index is 0.425. The van der Waals surface area contributed by atoms with Gasteiger partial charge in [-0.1, -0.05) is 54.1 Å². The van der Waals surface area contributed by atoms with Gasteiger partial charge in [0.15, 0.2) is 0 Å². The number of halogens is 1. The van der Waals surface area contributed by atoms with E-state index in [9.17, 15) is 0 Å². The second-order valence-corrected chi connectivity index (χ2v) is 6.30. The predicted octanol–water partition coefficient (Wildman–Crippen LogP) is 6.29. The van der Waals surface area contributed by atoms with E-state index in [2.05, 4.69) is 24.9 Å². The number of ether oxygens (including phenoxy) is 1.